The van der Waals surface area contributed by atoms with E-state index in [-0.39, 0.29) is 5.54 Å². The molecule has 0 radical (unpaired) electrons. The minimum absolute atomic E-state index is 0.103. The summed E-state index contributed by atoms with van der Waals surface area (Å²) in [4.78, 5) is 0. The Balaban J connectivity index is 1.83. The van der Waals surface area contributed by atoms with Gasteiger partial charge in [-0.15, -0.1) is 5.10 Å². The fourth-order valence-electron chi connectivity index (χ4n) is 2.33. The maximum Gasteiger partial charge on any atom is 0.294 e. The smallest absolute Gasteiger partial charge is 0.294 e. The van der Waals surface area contributed by atoms with E-state index in [1.165, 1.54) is 12.8 Å². The van der Waals surface area contributed by atoms with Crippen molar-refractivity contribution in [1.29, 1.82) is 0 Å². The average molecular weight is 283 g/mol. The summed E-state index contributed by atoms with van der Waals surface area (Å²) in [5.41, 5.74) is 0.103. The SMILES string of the molecule is CC1CCCC(Oc2nnc(CNC(C)(C)C)s2)C1. The second-order valence-corrected chi connectivity index (χ2v) is 7.60. The summed E-state index contributed by atoms with van der Waals surface area (Å²) < 4.78 is 5.96. The predicted molar refractivity (Wildman–Crippen MR) is 78.5 cm³/mol. The minimum atomic E-state index is 0.103. The molecule has 2 rings (SSSR count). The lowest BCUT2D eigenvalue weighted by Crippen LogP contribution is -2.35. The number of ether oxygens (including phenoxy) is 1. The predicted octanol–water partition coefficient (Wildman–Crippen LogP) is 3.38. The van der Waals surface area contributed by atoms with Crippen molar-refractivity contribution >= 4 is 11.3 Å². The van der Waals surface area contributed by atoms with Gasteiger partial charge in [0.2, 0.25) is 0 Å². The molecule has 2 unspecified atom stereocenters. The zero-order chi connectivity index (χ0) is 13.9. The van der Waals surface area contributed by atoms with Gasteiger partial charge in [0, 0.05) is 5.54 Å². The second kappa shape index (κ2) is 6.18. The highest BCUT2D eigenvalue weighted by Gasteiger charge is 2.21. The summed E-state index contributed by atoms with van der Waals surface area (Å²) >= 11 is 1.56. The number of hydrogen-bond donors (Lipinski definition) is 1. The molecule has 0 saturated heterocycles. The molecule has 4 nitrogen and oxygen atoms in total. The van der Waals surface area contributed by atoms with Crippen LogP contribution in [0.15, 0.2) is 0 Å². The zero-order valence-corrected chi connectivity index (χ0v) is 13.2. The van der Waals surface area contributed by atoms with Crippen molar-refractivity contribution in [3.63, 3.8) is 0 Å². The molecule has 1 aliphatic rings. The van der Waals surface area contributed by atoms with E-state index >= 15 is 0 Å². The number of hydrogen-bond acceptors (Lipinski definition) is 5. The molecular weight excluding hydrogens is 258 g/mol. The lowest BCUT2D eigenvalue weighted by Gasteiger charge is -2.25. The monoisotopic (exact) mass is 283 g/mol. The standard InChI is InChI=1S/C14H25N3OS/c1-10-6-5-7-11(8-10)18-13-17-16-12(19-13)9-15-14(2,3)4/h10-11,15H,5-9H2,1-4H3. The van der Waals surface area contributed by atoms with Crippen LogP contribution in [0.5, 0.6) is 5.19 Å². The van der Waals surface area contributed by atoms with Crippen LogP contribution in [-0.2, 0) is 6.54 Å². The molecule has 108 valence electrons. The minimum Gasteiger partial charge on any atom is -0.466 e. The van der Waals surface area contributed by atoms with E-state index in [1.807, 2.05) is 0 Å². The third-order valence-electron chi connectivity index (χ3n) is 3.37. The van der Waals surface area contributed by atoms with E-state index in [0.717, 1.165) is 35.5 Å². The van der Waals surface area contributed by atoms with Crippen LogP contribution < -0.4 is 10.1 Å². The van der Waals surface area contributed by atoms with Crippen LogP contribution >= 0.6 is 11.3 Å². The molecule has 0 amide bonds. The van der Waals surface area contributed by atoms with Gasteiger partial charge in [-0.05, 0) is 46.0 Å². The molecule has 1 N–H and O–H groups in total. The highest BCUT2D eigenvalue weighted by Crippen LogP contribution is 2.28. The molecule has 0 aromatic carbocycles. The van der Waals surface area contributed by atoms with Crippen LogP contribution in [0.1, 0.15) is 58.4 Å². The summed E-state index contributed by atoms with van der Waals surface area (Å²) in [6.07, 6.45) is 5.23. The molecule has 1 fully saturated rings. The number of nitrogens with one attached hydrogen (secondary N) is 1. The summed E-state index contributed by atoms with van der Waals surface area (Å²) in [7, 11) is 0. The molecule has 19 heavy (non-hydrogen) atoms. The molecule has 0 bridgehead atoms. The maximum atomic E-state index is 5.96. The van der Waals surface area contributed by atoms with Crippen molar-refractivity contribution in [2.24, 2.45) is 5.92 Å². The average Bonchev–Trinajstić information content (AvgIpc) is 2.73. The highest BCUT2D eigenvalue weighted by atomic mass is 32.1. The first-order valence-corrected chi connectivity index (χ1v) is 7.98. The van der Waals surface area contributed by atoms with E-state index in [2.05, 4.69) is 43.2 Å². The fraction of sp³-hybridized carbons (Fsp3) is 0.857. The van der Waals surface area contributed by atoms with Gasteiger partial charge < -0.3 is 10.1 Å². The number of rotatable bonds is 4. The topological polar surface area (TPSA) is 47.0 Å². The van der Waals surface area contributed by atoms with Crippen molar-refractivity contribution < 1.29 is 4.74 Å². The van der Waals surface area contributed by atoms with E-state index in [1.54, 1.807) is 11.3 Å². The van der Waals surface area contributed by atoms with Gasteiger partial charge in [-0.1, -0.05) is 29.8 Å². The van der Waals surface area contributed by atoms with E-state index in [4.69, 9.17) is 4.74 Å². The fourth-order valence-corrected chi connectivity index (χ4v) is 3.02. The first-order chi connectivity index (χ1) is 8.92. The van der Waals surface area contributed by atoms with Crippen LogP contribution in [0.2, 0.25) is 0 Å². The molecule has 1 aromatic heterocycles. The van der Waals surface area contributed by atoms with Gasteiger partial charge in [0.05, 0.1) is 6.54 Å². The van der Waals surface area contributed by atoms with Crippen LogP contribution in [0.25, 0.3) is 0 Å². The highest BCUT2D eigenvalue weighted by molar-refractivity contribution is 7.13. The second-order valence-electron chi connectivity index (χ2n) is 6.58. The molecule has 1 aliphatic carbocycles. The summed E-state index contributed by atoms with van der Waals surface area (Å²) in [5, 5.41) is 13.5. The van der Waals surface area contributed by atoms with Crippen molar-refractivity contribution in [2.45, 2.75) is 71.6 Å². The van der Waals surface area contributed by atoms with Gasteiger partial charge in [0.15, 0.2) is 0 Å². The van der Waals surface area contributed by atoms with Crippen LogP contribution in [0, 0.1) is 5.92 Å². The first kappa shape index (κ1) is 14.7. The van der Waals surface area contributed by atoms with Gasteiger partial charge in [-0.3, -0.25) is 0 Å². The molecule has 1 heterocycles. The normalized spacial score (nSPS) is 24.4. The molecule has 2 atom stereocenters. The Kier molecular flexibility index (Phi) is 4.79. The van der Waals surface area contributed by atoms with Crippen LogP contribution in [0.3, 0.4) is 0 Å². The van der Waals surface area contributed by atoms with E-state index < -0.39 is 0 Å². The number of nitrogens with zero attached hydrogens (tertiary/aromatic N) is 2. The van der Waals surface area contributed by atoms with Crippen LogP contribution in [-0.4, -0.2) is 21.8 Å². The lowest BCUT2D eigenvalue weighted by molar-refractivity contribution is 0.128. The Bertz CT molecular complexity index is 400. The number of aromatic nitrogens is 2. The van der Waals surface area contributed by atoms with Crippen molar-refractivity contribution in [3.05, 3.63) is 5.01 Å². The summed E-state index contributed by atoms with van der Waals surface area (Å²) in [5.74, 6) is 0.772. The molecule has 5 heteroatoms. The molecule has 1 saturated carbocycles. The summed E-state index contributed by atoms with van der Waals surface area (Å²) in [6, 6.07) is 0. The van der Waals surface area contributed by atoms with Gasteiger partial charge in [-0.25, -0.2) is 0 Å². The Labute approximate surface area is 120 Å². The Hall–Kier alpha value is -0.680. The maximum absolute atomic E-state index is 5.96. The molecule has 0 aliphatic heterocycles. The van der Waals surface area contributed by atoms with Crippen molar-refractivity contribution in [1.82, 2.24) is 15.5 Å². The quantitative estimate of drug-likeness (QED) is 0.920. The van der Waals surface area contributed by atoms with Gasteiger partial charge in [0.1, 0.15) is 11.1 Å². The van der Waals surface area contributed by atoms with Crippen molar-refractivity contribution in [2.75, 3.05) is 0 Å². The third-order valence-corrected chi connectivity index (χ3v) is 4.19. The van der Waals surface area contributed by atoms with Gasteiger partial charge >= 0.3 is 0 Å². The zero-order valence-electron chi connectivity index (χ0n) is 12.4. The molecule has 0 spiro atoms. The molecular formula is C14H25N3OS. The lowest BCUT2D eigenvalue weighted by atomic mass is 9.89. The third kappa shape index (κ3) is 5.07. The van der Waals surface area contributed by atoms with E-state index in [9.17, 15) is 0 Å². The first-order valence-electron chi connectivity index (χ1n) is 7.16. The molecule has 1 aromatic rings. The van der Waals surface area contributed by atoms with Crippen LogP contribution in [0.4, 0.5) is 0 Å². The Morgan fingerprint density at radius 1 is 1.32 bits per heavy atom. The van der Waals surface area contributed by atoms with Gasteiger partial charge in [-0.2, -0.15) is 0 Å². The van der Waals surface area contributed by atoms with Gasteiger partial charge in [0.25, 0.3) is 5.19 Å². The Morgan fingerprint density at radius 3 is 2.79 bits per heavy atom. The Morgan fingerprint density at radius 2 is 2.11 bits per heavy atom. The summed E-state index contributed by atoms with van der Waals surface area (Å²) in [6.45, 7) is 9.50. The van der Waals surface area contributed by atoms with E-state index in [0.29, 0.717) is 6.10 Å². The van der Waals surface area contributed by atoms with Crippen molar-refractivity contribution in [3.8, 4) is 5.19 Å². The largest absolute Gasteiger partial charge is 0.466 e.